The number of hydrogen-bond acceptors (Lipinski definition) is 10. The van der Waals surface area contributed by atoms with E-state index in [-0.39, 0.29) is 24.5 Å². The van der Waals surface area contributed by atoms with Gasteiger partial charge >= 0.3 is 13.7 Å². The Balaban J connectivity index is 1.42. The summed E-state index contributed by atoms with van der Waals surface area (Å²) in [7, 11) is -4.25. The standard InChI is InChI=1S/C25H27N4O9P/c1-16(25(33)35-13-17-8-4-2-5-9-17)28-39(34,38-18-10-6-3-7-11-18)36-14-20-19(30)12-21(37-20)29-15-27-22(23(26)31)24(29)32/h2-11,15-16,20-21,32H,12-14H2,1H3,(H2,26,31)(H,28,34)/t16-,20+,21+,39?/m0/s1. The largest absolute Gasteiger partial charge is 0.493 e. The van der Waals surface area contributed by atoms with Crippen LogP contribution in [0.15, 0.2) is 67.0 Å². The summed E-state index contributed by atoms with van der Waals surface area (Å²) in [5.41, 5.74) is 5.57. The summed E-state index contributed by atoms with van der Waals surface area (Å²) in [4.78, 5) is 40.3. The Morgan fingerprint density at radius 2 is 1.87 bits per heavy atom. The van der Waals surface area contributed by atoms with E-state index in [1.165, 1.54) is 6.92 Å². The number of imidazole rings is 1. The number of carbonyl (C=O) groups excluding carboxylic acids is 3. The highest BCUT2D eigenvalue weighted by molar-refractivity contribution is 7.52. The van der Waals surface area contributed by atoms with Gasteiger partial charge in [-0.1, -0.05) is 48.5 Å². The highest BCUT2D eigenvalue weighted by Gasteiger charge is 2.40. The number of Topliss-reactive ketones (excluding diaryl/α,β-unsaturated/α-hetero) is 1. The van der Waals surface area contributed by atoms with Gasteiger partial charge in [-0.25, -0.2) is 9.55 Å². The molecule has 39 heavy (non-hydrogen) atoms. The molecule has 0 radical (unpaired) electrons. The number of amides is 1. The monoisotopic (exact) mass is 558 g/mol. The van der Waals surface area contributed by atoms with Gasteiger partial charge in [0.15, 0.2) is 11.5 Å². The molecular weight excluding hydrogens is 531 g/mol. The first kappa shape index (κ1) is 28.0. The lowest BCUT2D eigenvalue weighted by Crippen LogP contribution is -2.36. The number of nitrogens with zero attached hydrogens (tertiary/aromatic N) is 2. The number of ketones is 1. The second-order valence-corrected chi connectivity index (χ2v) is 10.3. The number of ether oxygens (including phenoxy) is 2. The van der Waals surface area contributed by atoms with Gasteiger partial charge in [0, 0.05) is 0 Å². The zero-order chi connectivity index (χ0) is 28.0. The molecule has 4 N–H and O–H groups in total. The number of aromatic nitrogens is 2. The van der Waals surface area contributed by atoms with Crippen LogP contribution in [0.2, 0.25) is 0 Å². The maximum absolute atomic E-state index is 13.7. The topological polar surface area (TPSA) is 181 Å². The molecular formula is C25H27N4O9P. The molecule has 1 fully saturated rings. The Hall–Kier alpha value is -4.03. The smallest absolute Gasteiger partial charge is 0.459 e. The Morgan fingerprint density at radius 1 is 1.21 bits per heavy atom. The lowest BCUT2D eigenvalue weighted by molar-refractivity contribution is -0.146. The van der Waals surface area contributed by atoms with Crippen LogP contribution in [0.4, 0.5) is 0 Å². The number of primary amides is 1. The summed E-state index contributed by atoms with van der Waals surface area (Å²) in [6.45, 7) is 0.945. The third kappa shape index (κ3) is 7.09. The van der Waals surface area contributed by atoms with Gasteiger partial charge in [0.25, 0.3) is 5.91 Å². The fourth-order valence-electron chi connectivity index (χ4n) is 3.67. The predicted molar refractivity (Wildman–Crippen MR) is 135 cm³/mol. The Bertz CT molecular complexity index is 1370. The number of aromatic hydroxyl groups is 1. The van der Waals surface area contributed by atoms with E-state index < -0.39 is 56.3 Å². The van der Waals surface area contributed by atoms with Crippen molar-refractivity contribution in [2.45, 2.75) is 38.3 Å². The van der Waals surface area contributed by atoms with Crippen LogP contribution in [0.3, 0.4) is 0 Å². The molecule has 0 bridgehead atoms. The number of esters is 1. The minimum Gasteiger partial charge on any atom is -0.493 e. The number of carbonyl (C=O) groups is 3. The molecule has 4 atom stereocenters. The van der Waals surface area contributed by atoms with E-state index >= 15 is 0 Å². The van der Waals surface area contributed by atoms with Crippen molar-refractivity contribution in [3.63, 3.8) is 0 Å². The zero-order valence-corrected chi connectivity index (χ0v) is 21.7. The number of para-hydroxylation sites is 1. The predicted octanol–water partition coefficient (Wildman–Crippen LogP) is 2.47. The van der Waals surface area contributed by atoms with Gasteiger partial charge in [-0.2, -0.15) is 5.09 Å². The highest BCUT2D eigenvalue weighted by atomic mass is 31.2. The Kier molecular flexibility index (Phi) is 8.77. The fourth-order valence-corrected chi connectivity index (χ4v) is 5.16. The zero-order valence-electron chi connectivity index (χ0n) is 20.8. The normalized spacial score (nSPS) is 19.3. The van der Waals surface area contributed by atoms with E-state index in [1.54, 1.807) is 42.5 Å². The molecule has 2 heterocycles. The van der Waals surface area contributed by atoms with Crippen LogP contribution in [0.1, 0.15) is 35.6 Å². The molecule has 14 heteroatoms. The van der Waals surface area contributed by atoms with E-state index in [2.05, 4.69) is 10.1 Å². The SMILES string of the molecule is C[C@H](NP(=O)(OC[C@H]1O[C@@H](n2cnc(C(N)=O)c2O)CC1=O)Oc1ccccc1)C(=O)OCc1ccccc1. The molecule has 2 aromatic carbocycles. The minimum absolute atomic E-state index is 0.0146. The van der Waals surface area contributed by atoms with E-state index in [0.29, 0.717) is 0 Å². The van der Waals surface area contributed by atoms with Crippen molar-refractivity contribution in [2.24, 2.45) is 5.73 Å². The van der Waals surface area contributed by atoms with Crippen LogP contribution in [0, 0.1) is 0 Å². The second kappa shape index (κ2) is 12.2. The lowest BCUT2D eigenvalue weighted by atomic mass is 10.2. The van der Waals surface area contributed by atoms with Crippen LogP contribution in [-0.4, -0.2) is 51.1 Å². The van der Waals surface area contributed by atoms with Crippen LogP contribution < -0.4 is 15.3 Å². The van der Waals surface area contributed by atoms with Crippen molar-refractivity contribution in [2.75, 3.05) is 6.61 Å². The molecule has 1 unspecified atom stereocenters. The quantitative estimate of drug-likeness (QED) is 0.219. The van der Waals surface area contributed by atoms with Gasteiger partial charge in [0.1, 0.15) is 37.1 Å². The van der Waals surface area contributed by atoms with Gasteiger partial charge in [-0.3, -0.25) is 23.5 Å². The average molecular weight is 558 g/mol. The van der Waals surface area contributed by atoms with Crippen LogP contribution in [0.25, 0.3) is 0 Å². The Morgan fingerprint density at radius 3 is 2.51 bits per heavy atom. The molecule has 1 aliphatic rings. The summed E-state index contributed by atoms with van der Waals surface area (Å²) in [6, 6.07) is 16.1. The van der Waals surface area contributed by atoms with Gasteiger partial charge in [0.2, 0.25) is 5.88 Å². The average Bonchev–Trinajstić information content (AvgIpc) is 3.49. The maximum atomic E-state index is 13.7. The summed E-state index contributed by atoms with van der Waals surface area (Å²) in [6.07, 6.45) is -1.26. The van der Waals surface area contributed by atoms with Crippen molar-refractivity contribution >= 4 is 25.4 Å². The van der Waals surface area contributed by atoms with E-state index in [0.717, 1.165) is 16.5 Å². The van der Waals surface area contributed by atoms with Crippen LogP contribution in [-0.2, 0) is 34.8 Å². The summed E-state index contributed by atoms with van der Waals surface area (Å²) in [5.74, 6) is -2.43. The molecule has 0 spiro atoms. The van der Waals surface area contributed by atoms with Gasteiger partial charge in [0.05, 0.1) is 13.0 Å². The van der Waals surface area contributed by atoms with E-state index in [9.17, 15) is 24.1 Å². The molecule has 13 nitrogen and oxygen atoms in total. The number of benzene rings is 2. The van der Waals surface area contributed by atoms with Crippen LogP contribution in [0.5, 0.6) is 11.6 Å². The number of hydrogen-bond donors (Lipinski definition) is 3. The molecule has 0 saturated carbocycles. The molecule has 1 aromatic heterocycles. The first-order valence-electron chi connectivity index (χ1n) is 11.9. The number of rotatable bonds is 12. The third-order valence-electron chi connectivity index (χ3n) is 5.66. The molecule has 0 aliphatic carbocycles. The van der Waals surface area contributed by atoms with Crippen molar-refractivity contribution in [1.82, 2.24) is 14.6 Å². The summed E-state index contributed by atoms with van der Waals surface area (Å²) >= 11 is 0. The lowest BCUT2D eigenvalue weighted by Gasteiger charge is -2.24. The molecule has 1 amide bonds. The van der Waals surface area contributed by atoms with E-state index in [4.69, 9.17) is 24.3 Å². The van der Waals surface area contributed by atoms with E-state index in [1.807, 2.05) is 18.2 Å². The third-order valence-corrected chi connectivity index (χ3v) is 7.31. The van der Waals surface area contributed by atoms with Crippen molar-refractivity contribution in [3.8, 4) is 11.6 Å². The number of nitrogens with two attached hydrogens (primary N) is 1. The molecule has 1 saturated heterocycles. The van der Waals surface area contributed by atoms with Crippen molar-refractivity contribution in [3.05, 3.63) is 78.2 Å². The van der Waals surface area contributed by atoms with Gasteiger partial charge < -0.3 is 24.8 Å². The summed E-state index contributed by atoms with van der Waals surface area (Å²) in [5, 5.41) is 12.7. The van der Waals surface area contributed by atoms with Crippen molar-refractivity contribution < 1.29 is 42.6 Å². The maximum Gasteiger partial charge on any atom is 0.459 e. The summed E-state index contributed by atoms with van der Waals surface area (Å²) < 4.78 is 36.8. The highest BCUT2D eigenvalue weighted by Crippen LogP contribution is 2.45. The first-order chi connectivity index (χ1) is 18.6. The molecule has 206 valence electrons. The Labute approximate surface area is 223 Å². The molecule has 3 aromatic rings. The minimum atomic E-state index is -4.25. The van der Waals surface area contributed by atoms with Crippen molar-refractivity contribution in [1.29, 1.82) is 0 Å². The number of nitrogens with one attached hydrogen (secondary N) is 1. The van der Waals surface area contributed by atoms with Gasteiger partial charge in [-0.15, -0.1) is 0 Å². The first-order valence-corrected chi connectivity index (χ1v) is 13.4. The van der Waals surface area contributed by atoms with Gasteiger partial charge in [-0.05, 0) is 24.6 Å². The molecule has 1 aliphatic heterocycles. The van der Waals surface area contributed by atoms with Crippen LogP contribution >= 0.6 is 7.75 Å². The second-order valence-electron chi connectivity index (χ2n) is 8.58. The molecule has 4 rings (SSSR count). The fraction of sp³-hybridized carbons (Fsp3) is 0.280.